The van der Waals surface area contributed by atoms with Crippen molar-refractivity contribution in [3.8, 4) is 0 Å². The normalized spacial score (nSPS) is 41.7. The molecule has 1 spiro atoms. The summed E-state index contributed by atoms with van der Waals surface area (Å²) < 4.78 is 30.3. The van der Waals surface area contributed by atoms with Crippen LogP contribution in [0.4, 0.5) is 0 Å². The smallest absolute Gasteiger partial charge is 0.344 e. The van der Waals surface area contributed by atoms with Crippen LogP contribution in [0.2, 0.25) is 0 Å². The van der Waals surface area contributed by atoms with E-state index >= 15 is 0 Å². The topological polar surface area (TPSA) is 107 Å². The standard InChI is InChI=1S/C29H42N2O8/c1-17(2)19-12-22-29(39-22)27(3)7-6-18-20(14-36-26(18)34)21(27)15-37-28(29,4)25(19)38-24(33)16-35-23(32)13-31-10-8-30(5)9-11-31/h17,19,21-22,25H,6-16H2,1-5H3. The summed E-state index contributed by atoms with van der Waals surface area (Å²) in [6.07, 6.45) is 1.67. The molecule has 1 saturated carbocycles. The van der Waals surface area contributed by atoms with E-state index < -0.39 is 35.9 Å². The lowest BCUT2D eigenvalue weighted by molar-refractivity contribution is -0.262. The first-order valence-electron chi connectivity index (χ1n) is 14.5. The molecule has 10 heteroatoms. The van der Waals surface area contributed by atoms with Gasteiger partial charge in [-0.3, -0.25) is 9.69 Å². The van der Waals surface area contributed by atoms with Crippen molar-refractivity contribution in [1.29, 1.82) is 0 Å². The van der Waals surface area contributed by atoms with E-state index in [1.807, 2.05) is 11.8 Å². The monoisotopic (exact) mass is 546 g/mol. The minimum atomic E-state index is -0.864. The van der Waals surface area contributed by atoms with Gasteiger partial charge < -0.3 is 28.6 Å². The molecule has 0 amide bonds. The molecule has 7 unspecified atom stereocenters. The van der Waals surface area contributed by atoms with Gasteiger partial charge in [-0.05, 0) is 44.7 Å². The molecule has 39 heavy (non-hydrogen) atoms. The fraction of sp³-hybridized carbons (Fsp3) is 0.828. The molecule has 4 aliphatic heterocycles. The van der Waals surface area contributed by atoms with E-state index in [1.165, 1.54) is 0 Å². The maximum Gasteiger partial charge on any atom is 0.344 e. The highest BCUT2D eigenvalue weighted by molar-refractivity contribution is 5.92. The van der Waals surface area contributed by atoms with Crippen molar-refractivity contribution in [3.05, 3.63) is 11.1 Å². The lowest BCUT2D eigenvalue weighted by atomic mass is 9.49. The summed E-state index contributed by atoms with van der Waals surface area (Å²) in [5, 5.41) is 0. The van der Waals surface area contributed by atoms with Gasteiger partial charge in [0.1, 0.15) is 23.9 Å². The molecule has 0 N–H and O–H groups in total. The molecule has 0 aromatic rings. The Bertz CT molecular complexity index is 1080. The maximum atomic E-state index is 13.1. The van der Waals surface area contributed by atoms with Crippen molar-refractivity contribution >= 4 is 17.9 Å². The number of esters is 3. The van der Waals surface area contributed by atoms with Gasteiger partial charge in [-0.1, -0.05) is 20.8 Å². The predicted molar refractivity (Wildman–Crippen MR) is 138 cm³/mol. The van der Waals surface area contributed by atoms with Crippen LogP contribution < -0.4 is 0 Å². The number of carbonyl (C=O) groups is 3. The molecule has 0 bridgehead atoms. The highest BCUT2D eigenvalue weighted by Gasteiger charge is 2.84. The number of likely N-dealkylation sites (N-methyl/N-ethyl adjacent to an activating group) is 1. The number of ether oxygens (including phenoxy) is 5. The number of cyclic esters (lactones) is 1. The van der Waals surface area contributed by atoms with E-state index in [0.29, 0.717) is 19.6 Å². The first-order valence-corrected chi connectivity index (χ1v) is 14.5. The second-order valence-electron chi connectivity index (χ2n) is 13.1. The SMILES string of the molecule is CC(C)C1CC2OC23C2(C)CCC4=C(COC4=O)C2COC3(C)C1OC(=O)COC(=O)CN1CCN(C)CC1. The van der Waals surface area contributed by atoms with E-state index in [2.05, 4.69) is 32.7 Å². The number of fused-ring (bicyclic) bond motifs is 2. The summed E-state index contributed by atoms with van der Waals surface area (Å²) in [6.45, 7) is 12.4. The number of nitrogens with zero attached hydrogens (tertiary/aromatic N) is 2. The van der Waals surface area contributed by atoms with Crippen LogP contribution in [0.15, 0.2) is 11.1 Å². The fourth-order valence-electron chi connectivity index (χ4n) is 8.41. The maximum absolute atomic E-state index is 13.1. The number of epoxide rings is 1. The van der Waals surface area contributed by atoms with Crippen molar-refractivity contribution in [2.45, 2.75) is 70.4 Å². The predicted octanol–water partition coefficient (Wildman–Crippen LogP) is 1.56. The summed E-state index contributed by atoms with van der Waals surface area (Å²) in [7, 11) is 2.06. The molecule has 0 aromatic heterocycles. The van der Waals surface area contributed by atoms with Crippen molar-refractivity contribution in [3.63, 3.8) is 0 Å². The average Bonchev–Trinajstić information content (AvgIpc) is 3.54. The minimum Gasteiger partial charge on any atom is -0.458 e. The Morgan fingerprint density at radius 2 is 1.87 bits per heavy atom. The summed E-state index contributed by atoms with van der Waals surface area (Å²) in [5.74, 6) is -0.894. The Labute approximate surface area is 230 Å². The number of hydrogen-bond acceptors (Lipinski definition) is 10. The van der Waals surface area contributed by atoms with Crippen LogP contribution in [-0.4, -0.2) is 111 Å². The molecule has 7 atom stereocenters. The van der Waals surface area contributed by atoms with Crippen LogP contribution in [0.5, 0.6) is 0 Å². The Hall–Kier alpha value is -2.01. The van der Waals surface area contributed by atoms with Crippen LogP contribution in [0.1, 0.15) is 47.0 Å². The Balaban J connectivity index is 1.17. The Morgan fingerprint density at radius 3 is 2.59 bits per heavy atom. The zero-order chi connectivity index (χ0) is 27.7. The molecule has 0 radical (unpaired) electrons. The number of piperazine rings is 1. The largest absolute Gasteiger partial charge is 0.458 e. The van der Waals surface area contributed by atoms with Crippen molar-refractivity contribution in [2.75, 3.05) is 59.6 Å². The molecule has 6 aliphatic rings. The molecule has 3 saturated heterocycles. The highest BCUT2D eigenvalue weighted by Crippen LogP contribution is 2.72. The molecular weight excluding hydrogens is 504 g/mol. The zero-order valence-electron chi connectivity index (χ0n) is 23.8. The second-order valence-corrected chi connectivity index (χ2v) is 13.1. The van der Waals surface area contributed by atoms with Gasteiger partial charge in [0.2, 0.25) is 0 Å². The van der Waals surface area contributed by atoms with Gasteiger partial charge in [-0.15, -0.1) is 0 Å². The minimum absolute atomic E-state index is 0.000703. The lowest BCUT2D eigenvalue weighted by Crippen LogP contribution is -2.72. The van der Waals surface area contributed by atoms with Gasteiger partial charge >= 0.3 is 17.9 Å². The summed E-state index contributed by atoms with van der Waals surface area (Å²) >= 11 is 0. The van der Waals surface area contributed by atoms with Gasteiger partial charge in [-0.25, -0.2) is 9.59 Å². The number of rotatable bonds is 6. The van der Waals surface area contributed by atoms with Crippen LogP contribution in [0, 0.1) is 23.2 Å². The number of carbonyl (C=O) groups excluding carboxylic acids is 3. The highest BCUT2D eigenvalue weighted by atomic mass is 16.7. The van der Waals surface area contributed by atoms with Crippen LogP contribution in [0.3, 0.4) is 0 Å². The van der Waals surface area contributed by atoms with E-state index in [4.69, 9.17) is 23.7 Å². The van der Waals surface area contributed by atoms with Crippen molar-refractivity contribution < 1.29 is 38.1 Å². The van der Waals surface area contributed by atoms with E-state index in [9.17, 15) is 14.4 Å². The first kappa shape index (κ1) is 27.2. The fourth-order valence-corrected chi connectivity index (χ4v) is 8.41. The summed E-state index contributed by atoms with van der Waals surface area (Å²) in [5.41, 5.74) is 0.0827. The van der Waals surface area contributed by atoms with E-state index in [1.54, 1.807) is 0 Å². The average molecular weight is 547 g/mol. The summed E-state index contributed by atoms with van der Waals surface area (Å²) in [6, 6.07) is 0. The Kier molecular flexibility index (Phi) is 6.64. The lowest BCUT2D eigenvalue weighted by Gasteiger charge is -2.60. The number of hydrogen-bond donors (Lipinski definition) is 0. The van der Waals surface area contributed by atoms with Gasteiger partial charge in [-0.2, -0.15) is 0 Å². The quantitative estimate of drug-likeness (QED) is 0.277. The molecule has 6 rings (SSSR count). The first-order chi connectivity index (χ1) is 18.5. The molecule has 216 valence electrons. The van der Waals surface area contributed by atoms with E-state index in [0.717, 1.165) is 50.2 Å². The van der Waals surface area contributed by atoms with Gasteiger partial charge in [0.05, 0.1) is 19.3 Å². The third kappa shape index (κ3) is 4.08. The van der Waals surface area contributed by atoms with Crippen molar-refractivity contribution in [2.24, 2.45) is 23.2 Å². The molecular formula is C29H42N2O8. The second kappa shape index (κ2) is 9.53. The molecule has 2 aliphatic carbocycles. The van der Waals surface area contributed by atoms with E-state index in [-0.39, 0.29) is 41.8 Å². The molecule has 0 aromatic carbocycles. The van der Waals surface area contributed by atoms with Gasteiger partial charge in [0, 0.05) is 49.0 Å². The molecule has 4 fully saturated rings. The van der Waals surface area contributed by atoms with Crippen LogP contribution >= 0.6 is 0 Å². The third-order valence-corrected chi connectivity index (χ3v) is 10.8. The Morgan fingerprint density at radius 1 is 1.13 bits per heavy atom. The van der Waals surface area contributed by atoms with Crippen LogP contribution in [0.25, 0.3) is 0 Å². The van der Waals surface area contributed by atoms with Crippen molar-refractivity contribution in [1.82, 2.24) is 9.80 Å². The molecule has 10 nitrogen and oxygen atoms in total. The van der Waals surface area contributed by atoms with Crippen LogP contribution in [-0.2, 0) is 38.1 Å². The zero-order valence-corrected chi connectivity index (χ0v) is 23.8. The molecule has 4 heterocycles. The van der Waals surface area contributed by atoms with Gasteiger partial charge in [0.15, 0.2) is 6.61 Å². The van der Waals surface area contributed by atoms with Gasteiger partial charge in [0.25, 0.3) is 0 Å². The third-order valence-electron chi connectivity index (χ3n) is 10.8. The summed E-state index contributed by atoms with van der Waals surface area (Å²) in [4.78, 5) is 42.1.